The molecule has 11 nitrogen and oxygen atoms in total. The van der Waals surface area contributed by atoms with Gasteiger partial charge in [0.1, 0.15) is 16.9 Å². The minimum absolute atomic E-state index is 0.0297. The van der Waals surface area contributed by atoms with Crippen LogP contribution in [0.25, 0.3) is 21.1 Å². The summed E-state index contributed by atoms with van der Waals surface area (Å²) in [7, 11) is 0. The molecule has 0 radical (unpaired) electrons. The first kappa shape index (κ1) is 27.8. The first-order valence-corrected chi connectivity index (χ1v) is 15.8. The molecule has 2 saturated heterocycles. The van der Waals surface area contributed by atoms with Crippen LogP contribution in [0.4, 0.5) is 20.9 Å². The Kier molecular flexibility index (Phi) is 6.86. The summed E-state index contributed by atoms with van der Waals surface area (Å²) in [4.78, 5) is 59.6. The van der Waals surface area contributed by atoms with Crippen molar-refractivity contribution in [2.75, 3.05) is 47.0 Å². The number of hydrogen-bond donors (Lipinski definition) is 2. The molecule has 1 aliphatic carbocycles. The second-order valence-corrected chi connectivity index (χ2v) is 13.0. The third kappa shape index (κ3) is 5.02. The number of amides is 2. The molecule has 1 unspecified atom stereocenters. The summed E-state index contributed by atoms with van der Waals surface area (Å²) in [6.07, 6.45) is 3.14. The summed E-state index contributed by atoms with van der Waals surface area (Å²) in [6, 6.07) is 8.39. The third-order valence-corrected chi connectivity index (χ3v) is 10.2. The van der Waals surface area contributed by atoms with Gasteiger partial charge in [-0.3, -0.25) is 24.2 Å². The van der Waals surface area contributed by atoms with Crippen LogP contribution < -0.4 is 20.5 Å². The van der Waals surface area contributed by atoms with Crippen LogP contribution in [0.2, 0.25) is 0 Å². The number of pyridine rings is 1. The summed E-state index contributed by atoms with van der Waals surface area (Å²) >= 11 is 2.93. The SMILES string of the molecule is CC(=O)Nc1ccc2nc(N3C(=O)CSC3N3CCN(c4cc5c(cc4F)c(=O)c(C(=O)O)cn5C4CC4)CC3)sc2c1. The topological polar surface area (TPSA) is 128 Å². The van der Waals surface area contributed by atoms with Crippen LogP contribution in [0.5, 0.6) is 0 Å². The average Bonchev–Trinajstić information content (AvgIpc) is 3.62. The number of nitrogens with zero attached hydrogens (tertiary/aromatic N) is 5. The van der Waals surface area contributed by atoms with E-state index in [1.165, 1.54) is 42.3 Å². The van der Waals surface area contributed by atoms with Crippen molar-refractivity contribution in [3.8, 4) is 0 Å². The molecule has 14 heteroatoms. The number of fused-ring (bicyclic) bond motifs is 2. The van der Waals surface area contributed by atoms with E-state index in [2.05, 4.69) is 10.2 Å². The maximum atomic E-state index is 15.5. The number of benzene rings is 2. The number of anilines is 3. The van der Waals surface area contributed by atoms with Crippen LogP contribution in [0.3, 0.4) is 0 Å². The molecule has 2 N–H and O–H groups in total. The summed E-state index contributed by atoms with van der Waals surface area (Å²) in [5.74, 6) is -1.75. The van der Waals surface area contributed by atoms with Crippen molar-refractivity contribution in [3.63, 3.8) is 0 Å². The van der Waals surface area contributed by atoms with Crippen molar-refractivity contribution < 1.29 is 23.9 Å². The van der Waals surface area contributed by atoms with Gasteiger partial charge in [-0.2, -0.15) is 0 Å². The van der Waals surface area contributed by atoms with Gasteiger partial charge in [-0.1, -0.05) is 11.3 Å². The number of thiazole rings is 1. The molecule has 2 amide bonds. The highest BCUT2D eigenvalue weighted by molar-refractivity contribution is 8.01. The molecule has 2 aromatic carbocycles. The van der Waals surface area contributed by atoms with Gasteiger partial charge in [-0.05, 0) is 43.2 Å². The van der Waals surface area contributed by atoms with Gasteiger partial charge in [0.05, 0.1) is 27.2 Å². The summed E-state index contributed by atoms with van der Waals surface area (Å²) in [5, 5.41) is 13.0. The predicted molar refractivity (Wildman–Crippen MR) is 165 cm³/mol. The normalized spacial score (nSPS) is 19.5. The predicted octanol–water partition coefficient (Wildman–Crippen LogP) is 3.93. The number of halogens is 1. The number of carboxylic acids is 1. The zero-order valence-corrected chi connectivity index (χ0v) is 24.7. The standard InChI is InChI=1S/C29H27FN6O5S2/c1-15(37)31-16-2-5-21-24(10-16)43-28(32-21)36-25(38)14-42-29(36)34-8-6-33(7-9-34)23-12-22-18(11-20(23)30)26(39)19(27(40)41)13-35(22)17-3-4-17/h2,5,10-13,17,29H,3-4,6-9,14H2,1H3,(H,31,37)(H,40,41). The third-order valence-electron chi connectivity index (χ3n) is 7.99. The number of carbonyl (C=O) groups is 3. The van der Waals surface area contributed by atoms with Crippen molar-refractivity contribution in [1.29, 1.82) is 0 Å². The Hall–Kier alpha value is -4.01. The molecular weight excluding hydrogens is 595 g/mol. The number of thioether (sulfide) groups is 1. The van der Waals surface area contributed by atoms with E-state index < -0.39 is 17.2 Å². The van der Waals surface area contributed by atoms with Gasteiger partial charge in [-0.25, -0.2) is 14.2 Å². The zero-order valence-electron chi connectivity index (χ0n) is 23.1. The van der Waals surface area contributed by atoms with E-state index in [1.54, 1.807) is 21.6 Å². The number of carbonyl (C=O) groups excluding carboxylic acids is 2. The van der Waals surface area contributed by atoms with Gasteiger partial charge >= 0.3 is 5.97 Å². The van der Waals surface area contributed by atoms with E-state index >= 15 is 4.39 Å². The van der Waals surface area contributed by atoms with Crippen LogP contribution in [-0.2, 0) is 9.59 Å². The van der Waals surface area contributed by atoms with E-state index in [9.17, 15) is 24.3 Å². The van der Waals surface area contributed by atoms with Crippen LogP contribution >= 0.6 is 23.1 Å². The Morgan fingerprint density at radius 2 is 1.86 bits per heavy atom. The molecule has 43 heavy (non-hydrogen) atoms. The van der Waals surface area contributed by atoms with Gasteiger partial charge in [0.25, 0.3) is 0 Å². The number of rotatable bonds is 6. The summed E-state index contributed by atoms with van der Waals surface area (Å²) < 4.78 is 18.1. The smallest absolute Gasteiger partial charge is 0.341 e. The van der Waals surface area contributed by atoms with Crippen LogP contribution in [0.1, 0.15) is 36.2 Å². The van der Waals surface area contributed by atoms with Crippen molar-refractivity contribution in [2.24, 2.45) is 0 Å². The molecule has 0 spiro atoms. The lowest BCUT2D eigenvalue weighted by molar-refractivity contribution is -0.116. The first-order valence-electron chi connectivity index (χ1n) is 13.9. The molecule has 7 rings (SSSR count). The van der Waals surface area contributed by atoms with Crippen molar-refractivity contribution >= 4 is 78.5 Å². The fraction of sp³-hybridized carbons (Fsp3) is 0.345. The van der Waals surface area contributed by atoms with Crippen molar-refractivity contribution in [2.45, 2.75) is 31.3 Å². The maximum absolute atomic E-state index is 15.5. The number of carboxylic acid groups (broad SMARTS) is 1. The Bertz CT molecular complexity index is 1880. The highest BCUT2D eigenvalue weighted by Crippen LogP contribution is 2.40. The number of aromatic nitrogens is 2. The van der Waals surface area contributed by atoms with Gasteiger partial charge in [0, 0.05) is 56.4 Å². The highest BCUT2D eigenvalue weighted by atomic mass is 32.2. The average molecular weight is 623 g/mol. The van der Waals surface area contributed by atoms with Crippen LogP contribution in [-0.4, -0.2) is 74.8 Å². The minimum Gasteiger partial charge on any atom is -0.477 e. The van der Waals surface area contributed by atoms with Gasteiger partial charge in [0.15, 0.2) is 5.13 Å². The first-order chi connectivity index (χ1) is 20.7. The number of hydrogen-bond acceptors (Lipinski definition) is 9. The molecule has 4 heterocycles. The molecule has 2 aliphatic heterocycles. The molecular formula is C29H27FN6O5S2. The molecule has 0 bridgehead atoms. The van der Waals surface area contributed by atoms with Crippen molar-refractivity contribution in [3.05, 3.63) is 58.1 Å². The van der Waals surface area contributed by atoms with Crippen molar-refractivity contribution in [1.82, 2.24) is 14.5 Å². The largest absolute Gasteiger partial charge is 0.477 e. The van der Waals surface area contributed by atoms with E-state index in [-0.39, 0.29) is 34.3 Å². The molecule has 2 aromatic heterocycles. The Morgan fingerprint density at radius 3 is 2.56 bits per heavy atom. The van der Waals surface area contributed by atoms with Gasteiger partial charge < -0.3 is 19.9 Å². The Balaban J connectivity index is 1.12. The molecule has 222 valence electrons. The minimum atomic E-state index is -1.32. The van der Waals surface area contributed by atoms with Crippen LogP contribution in [0.15, 0.2) is 41.3 Å². The fourth-order valence-electron chi connectivity index (χ4n) is 5.77. The maximum Gasteiger partial charge on any atom is 0.341 e. The summed E-state index contributed by atoms with van der Waals surface area (Å²) in [5.41, 5.74) is 1.04. The molecule has 3 fully saturated rings. The summed E-state index contributed by atoms with van der Waals surface area (Å²) in [6.45, 7) is 3.60. The molecule has 3 aliphatic rings. The van der Waals surface area contributed by atoms with Gasteiger partial charge in [-0.15, -0.1) is 11.8 Å². The second kappa shape index (κ2) is 10.6. The molecule has 1 atom stereocenters. The highest BCUT2D eigenvalue weighted by Gasteiger charge is 2.40. The van der Waals surface area contributed by atoms with E-state index in [4.69, 9.17) is 4.98 Å². The molecule has 4 aromatic rings. The zero-order chi connectivity index (χ0) is 30.0. The van der Waals surface area contributed by atoms with Crippen LogP contribution in [0, 0.1) is 5.82 Å². The number of aromatic carboxylic acids is 1. The lowest BCUT2D eigenvalue weighted by Gasteiger charge is -2.40. The Morgan fingerprint density at radius 1 is 1.09 bits per heavy atom. The monoisotopic (exact) mass is 622 g/mol. The molecule has 1 saturated carbocycles. The lowest BCUT2D eigenvalue weighted by atomic mass is 10.1. The number of nitrogens with one attached hydrogen (secondary N) is 1. The number of piperazine rings is 1. The quantitative estimate of drug-likeness (QED) is 0.329. The van der Waals surface area contributed by atoms with E-state index in [0.717, 1.165) is 23.1 Å². The lowest BCUT2D eigenvalue weighted by Crippen LogP contribution is -2.54. The second-order valence-electron chi connectivity index (χ2n) is 10.9. The Labute approximate surface area is 252 Å². The van der Waals surface area contributed by atoms with E-state index in [1.807, 2.05) is 17.0 Å². The van der Waals surface area contributed by atoms with E-state index in [0.29, 0.717) is 54.0 Å². The van der Waals surface area contributed by atoms with Gasteiger partial charge in [0.2, 0.25) is 17.2 Å². The fourth-order valence-corrected chi connectivity index (χ4v) is 8.10.